The van der Waals surface area contributed by atoms with Gasteiger partial charge in [0, 0.05) is 17.2 Å². The van der Waals surface area contributed by atoms with Crippen molar-refractivity contribution in [2.45, 2.75) is 13.1 Å². The average Bonchev–Trinajstić information content (AvgIpc) is 3.06. The summed E-state index contributed by atoms with van der Waals surface area (Å²) in [6, 6.07) is 11.6. The summed E-state index contributed by atoms with van der Waals surface area (Å²) in [7, 11) is 0. The summed E-state index contributed by atoms with van der Waals surface area (Å²) in [5.41, 5.74) is -1.43. The molecule has 0 unspecified atom stereocenters. The van der Waals surface area contributed by atoms with Crippen LogP contribution in [0.4, 0.5) is 24.7 Å². The number of H-pyrrole nitrogens is 1. The molecule has 1 heterocycles. The number of nitrogens with zero attached hydrogens (tertiary/aromatic N) is 2. The van der Waals surface area contributed by atoms with Crippen molar-refractivity contribution >= 4 is 17.4 Å². The summed E-state index contributed by atoms with van der Waals surface area (Å²) < 4.78 is 40.1. The molecule has 0 atom stereocenters. The van der Waals surface area contributed by atoms with Gasteiger partial charge in [0.25, 0.3) is 11.6 Å². The number of rotatable bonds is 4. The first-order valence-electron chi connectivity index (χ1n) is 7.96. The molecule has 28 heavy (non-hydrogen) atoms. The van der Waals surface area contributed by atoms with Crippen LogP contribution in [0.3, 0.4) is 0 Å². The maximum Gasteiger partial charge on any atom is 0.433 e. The number of aromatic nitrogens is 2. The minimum absolute atomic E-state index is 0.0372. The summed E-state index contributed by atoms with van der Waals surface area (Å²) in [6.07, 6.45) is -4.72. The van der Waals surface area contributed by atoms with Gasteiger partial charge in [-0.3, -0.25) is 20.0 Å². The van der Waals surface area contributed by atoms with Crippen molar-refractivity contribution in [2.24, 2.45) is 0 Å². The zero-order chi connectivity index (χ0) is 20.5. The number of carbonyl (C=O) groups is 1. The van der Waals surface area contributed by atoms with Gasteiger partial charge in [0.2, 0.25) is 0 Å². The molecular formula is C18H13F3N4O3. The molecule has 0 aliphatic carbocycles. The molecule has 2 aromatic carbocycles. The molecule has 0 radical (unpaired) electrons. The van der Waals surface area contributed by atoms with Gasteiger partial charge < -0.3 is 5.32 Å². The quantitative estimate of drug-likeness (QED) is 0.503. The fraction of sp³-hybridized carbons (Fsp3) is 0.111. The Hall–Kier alpha value is -3.69. The topological polar surface area (TPSA) is 101 Å². The fourth-order valence-electron chi connectivity index (χ4n) is 2.77. The van der Waals surface area contributed by atoms with Crippen LogP contribution in [-0.2, 0) is 6.18 Å². The van der Waals surface area contributed by atoms with Gasteiger partial charge in [-0.25, -0.2) is 0 Å². The van der Waals surface area contributed by atoms with Crippen molar-refractivity contribution in [2.75, 3.05) is 5.32 Å². The molecule has 1 aromatic heterocycles. The Bertz CT molecular complexity index is 1050. The summed E-state index contributed by atoms with van der Waals surface area (Å²) in [5, 5.41) is 18.9. The van der Waals surface area contributed by atoms with E-state index >= 15 is 0 Å². The normalized spacial score (nSPS) is 11.3. The highest BCUT2D eigenvalue weighted by atomic mass is 19.4. The van der Waals surface area contributed by atoms with Crippen molar-refractivity contribution < 1.29 is 22.9 Å². The molecule has 0 fully saturated rings. The summed E-state index contributed by atoms with van der Waals surface area (Å²) in [5.74, 6) is -1.13. The number of alkyl halides is 3. The van der Waals surface area contributed by atoms with Crippen LogP contribution in [0.15, 0.2) is 48.5 Å². The minimum atomic E-state index is -4.72. The van der Waals surface area contributed by atoms with Crippen molar-refractivity contribution in [1.82, 2.24) is 10.2 Å². The van der Waals surface area contributed by atoms with E-state index in [1.54, 1.807) is 18.2 Å². The van der Waals surface area contributed by atoms with Gasteiger partial charge in [0.1, 0.15) is 5.69 Å². The number of hydrogen-bond acceptors (Lipinski definition) is 4. The standard InChI is InChI=1S/C18H13F3N4O3/c1-10-12(8-5-9-13(10)25(27)28)17(26)22-16-14(11-6-3-2-4-7-11)15(23-24-16)18(19,20)21/h2-9H,1H3,(H2,22,23,24,26). The SMILES string of the molecule is Cc1c(C(=O)Nc2n[nH]c(C(F)(F)F)c2-c2ccccc2)cccc1[N+](=O)[O-]. The van der Waals surface area contributed by atoms with Gasteiger partial charge >= 0.3 is 6.18 Å². The van der Waals surface area contributed by atoms with Crippen LogP contribution in [-0.4, -0.2) is 21.0 Å². The first kappa shape index (κ1) is 19.1. The second kappa shape index (κ2) is 7.14. The van der Waals surface area contributed by atoms with Crippen LogP contribution in [0.5, 0.6) is 0 Å². The smallest absolute Gasteiger partial charge is 0.305 e. The highest BCUT2D eigenvalue weighted by Gasteiger charge is 2.38. The van der Waals surface area contributed by atoms with E-state index in [2.05, 4.69) is 10.4 Å². The lowest BCUT2D eigenvalue weighted by Gasteiger charge is -2.10. The van der Waals surface area contributed by atoms with Crippen molar-refractivity contribution in [3.8, 4) is 11.1 Å². The predicted molar refractivity (Wildman–Crippen MR) is 94.8 cm³/mol. The third kappa shape index (κ3) is 3.56. The molecule has 0 saturated carbocycles. The number of anilines is 1. The molecule has 10 heteroatoms. The second-order valence-electron chi connectivity index (χ2n) is 5.85. The van der Waals surface area contributed by atoms with Crippen molar-refractivity contribution in [3.63, 3.8) is 0 Å². The van der Waals surface area contributed by atoms with E-state index in [9.17, 15) is 28.1 Å². The van der Waals surface area contributed by atoms with Gasteiger partial charge in [-0.15, -0.1) is 0 Å². The van der Waals surface area contributed by atoms with E-state index in [0.717, 1.165) is 0 Å². The molecule has 3 aromatic rings. The fourth-order valence-corrected chi connectivity index (χ4v) is 2.77. The van der Waals surface area contributed by atoms with Crippen molar-refractivity contribution in [3.05, 3.63) is 75.5 Å². The van der Waals surface area contributed by atoms with Crippen LogP contribution in [0.1, 0.15) is 21.6 Å². The summed E-state index contributed by atoms with van der Waals surface area (Å²) >= 11 is 0. The molecule has 144 valence electrons. The highest BCUT2D eigenvalue weighted by molar-refractivity contribution is 6.07. The lowest BCUT2D eigenvalue weighted by atomic mass is 10.0. The Morgan fingerprint density at radius 3 is 2.43 bits per heavy atom. The van der Waals surface area contributed by atoms with E-state index in [0.29, 0.717) is 0 Å². The predicted octanol–water partition coefficient (Wildman–Crippen LogP) is 4.56. The average molecular weight is 390 g/mol. The first-order valence-corrected chi connectivity index (χ1v) is 7.96. The highest BCUT2D eigenvalue weighted by Crippen LogP contribution is 2.39. The van der Waals surface area contributed by atoms with Gasteiger partial charge in [-0.1, -0.05) is 36.4 Å². The molecule has 3 rings (SSSR count). The number of amides is 1. The van der Waals surface area contributed by atoms with Gasteiger partial charge in [0.05, 0.1) is 10.5 Å². The third-order valence-electron chi connectivity index (χ3n) is 4.09. The summed E-state index contributed by atoms with van der Waals surface area (Å²) in [6.45, 7) is 1.39. The van der Waals surface area contributed by atoms with Crippen LogP contribution >= 0.6 is 0 Å². The number of carbonyl (C=O) groups excluding carboxylic acids is 1. The molecule has 0 bridgehead atoms. The third-order valence-corrected chi connectivity index (χ3v) is 4.09. The van der Waals surface area contributed by atoms with Gasteiger partial charge in [0.15, 0.2) is 5.82 Å². The zero-order valence-corrected chi connectivity index (χ0v) is 14.4. The molecule has 0 spiro atoms. The Morgan fingerprint density at radius 1 is 1.14 bits per heavy atom. The number of nitrogens with one attached hydrogen (secondary N) is 2. The maximum atomic E-state index is 13.4. The van der Waals surface area contributed by atoms with Crippen LogP contribution in [0, 0.1) is 17.0 Å². The lowest BCUT2D eigenvalue weighted by Crippen LogP contribution is -2.15. The first-order chi connectivity index (χ1) is 13.2. The molecule has 2 N–H and O–H groups in total. The van der Waals surface area contributed by atoms with E-state index in [1.807, 2.05) is 5.10 Å². The van der Waals surface area contributed by atoms with E-state index in [4.69, 9.17) is 0 Å². The van der Waals surface area contributed by atoms with E-state index in [-0.39, 0.29) is 33.8 Å². The molecule has 7 nitrogen and oxygen atoms in total. The molecule has 0 aliphatic rings. The van der Waals surface area contributed by atoms with E-state index in [1.165, 1.54) is 37.3 Å². The van der Waals surface area contributed by atoms with Crippen molar-refractivity contribution in [1.29, 1.82) is 0 Å². The monoisotopic (exact) mass is 390 g/mol. The van der Waals surface area contributed by atoms with Crippen LogP contribution < -0.4 is 5.32 Å². The largest absolute Gasteiger partial charge is 0.433 e. The lowest BCUT2D eigenvalue weighted by molar-refractivity contribution is -0.385. The van der Waals surface area contributed by atoms with Crippen LogP contribution in [0.2, 0.25) is 0 Å². The zero-order valence-electron chi connectivity index (χ0n) is 14.4. The Labute approximate surface area is 156 Å². The number of hydrogen-bond donors (Lipinski definition) is 2. The minimum Gasteiger partial charge on any atom is -0.305 e. The molecular weight excluding hydrogens is 377 g/mol. The molecule has 0 aliphatic heterocycles. The Balaban J connectivity index is 2.04. The number of halogens is 3. The van der Waals surface area contributed by atoms with Crippen LogP contribution in [0.25, 0.3) is 11.1 Å². The molecule has 0 saturated heterocycles. The number of nitro groups is 1. The van der Waals surface area contributed by atoms with E-state index < -0.39 is 22.7 Å². The second-order valence-corrected chi connectivity index (χ2v) is 5.85. The number of aromatic amines is 1. The Morgan fingerprint density at radius 2 is 1.82 bits per heavy atom. The maximum absolute atomic E-state index is 13.4. The Kier molecular flexibility index (Phi) is 4.87. The number of nitro benzene ring substituents is 1. The summed E-state index contributed by atoms with van der Waals surface area (Å²) in [4.78, 5) is 23.0. The van der Waals surface area contributed by atoms with Gasteiger partial charge in [-0.2, -0.15) is 18.3 Å². The number of benzene rings is 2. The molecule has 1 amide bonds. The van der Waals surface area contributed by atoms with Gasteiger partial charge in [-0.05, 0) is 18.6 Å².